The Labute approximate surface area is 414 Å². The zero-order valence-electron chi connectivity index (χ0n) is 43.8. The molecule has 0 N–H and O–H groups in total. The van der Waals surface area contributed by atoms with E-state index in [1.165, 1.54) is 22.3 Å². The lowest BCUT2D eigenvalue weighted by molar-refractivity contribution is 0.568. The van der Waals surface area contributed by atoms with Gasteiger partial charge in [0.2, 0.25) is 0 Å². The highest BCUT2D eigenvalue weighted by atomic mass is 28.3. The number of pyridine rings is 1. The van der Waals surface area contributed by atoms with Crippen molar-refractivity contribution in [2.45, 2.75) is 163 Å². The van der Waals surface area contributed by atoms with Gasteiger partial charge in [0.1, 0.15) is 8.07 Å². The largest absolute Gasteiger partial charge is 0.263 e. The van der Waals surface area contributed by atoms with E-state index in [1.807, 2.05) is 12.4 Å². The standard InChI is InChI=1S/C66H65NSi/c1-51(2)68(52(3)4,53(5)6)42-40-38-36-34-32-30-28-26-24-22-20-19-21-23-25-27-29-31-33-35-37-39-41-60-61(54-43-56(63(7,8)9)47-57(44-54)64(10,11)12)49-67-50-62(60)55-45-58(65(13,14)15)48-59(46-55)66(16,17)18/h43-53H,1-18H3. The highest BCUT2D eigenvalue weighted by Gasteiger charge is 2.41. The molecule has 0 bridgehead atoms. The predicted octanol–water partition coefficient (Wildman–Crippen LogP) is 13.2. The average molecular weight is 900 g/mol. The molecule has 68 heavy (non-hydrogen) atoms. The SMILES string of the molecule is CC(C)[Si](C#CC#CC#CC#CC#CC#CC#CC#CC#CC#CC#CC#Cc1c(-c2cc(C(C)(C)C)cc(C(C)(C)C)c2)cncc1-c1cc(C(C)(C)C)cc(C(C)(C)C)c1)(C(C)C)C(C)C. The predicted molar refractivity (Wildman–Crippen MR) is 293 cm³/mol. The van der Waals surface area contributed by atoms with Crippen LogP contribution >= 0.6 is 0 Å². The molecule has 0 aliphatic rings. The molecule has 0 radical (unpaired) electrons. The van der Waals surface area contributed by atoms with Crippen LogP contribution in [0.1, 0.15) is 152 Å². The Morgan fingerprint density at radius 3 is 0.809 bits per heavy atom. The molecular weight excluding hydrogens is 835 g/mol. The van der Waals surface area contributed by atoms with E-state index in [2.05, 4.69) is 303 Å². The monoisotopic (exact) mass is 899 g/mol. The van der Waals surface area contributed by atoms with E-state index in [0.29, 0.717) is 16.6 Å². The maximum absolute atomic E-state index is 4.83. The lowest BCUT2D eigenvalue weighted by Crippen LogP contribution is -2.43. The highest BCUT2D eigenvalue weighted by Crippen LogP contribution is 2.41. The Balaban J connectivity index is 1.87. The molecule has 3 aromatic rings. The summed E-state index contributed by atoms with van der Waals surface area (Å²) in [5.41, 5.74) is 15.0. The lowest BCUT2D eigenvalue weighted by atomic mass is 9.77. The molecule has 0 atom stereocenters. The molecule has 0 amide bonds. The van der Waals surface area contributed by atoms with Crippen LogP contribution in [0.4, 0.5) is 0 Å². The third kappa shape index (κ3) is 16.4. The van der Waals surface area contributed by atoms with Crippen molar-refractivity contribution in [3.8, 4) is 164 Å². The third-order valence-electron chi connectivity index (χ3n) is 11.5. The molecule has 2 aromatic carbocycles. The van der Waals surface area contributed by atoms with E-state index >= 15 is 0 Å². The van der Waals surface area contributed by atoms with Crippen molar-refractivity contribution < 1.29 is 0 Å². The Bertz CT molecular complexity index is 3010. The van der Waals surface area contributed by atoms with Gasteiger partial charge in [-0.3, -0.25) is 4.98 Å². The van der Waals surface area contributed by atoms with Crippen LogP contribution in [0.5, 0.6) is 0 Å². The molecule has 338 valence electrons. The summed E-state index contributed by atoms with van der Waals surface area (Å²) in [6.45, 7) is 40.7. The third-order valence-corrected chi connectivity index (χ3v) is 17.8. The lowest BCUT2D eigenvalue weighted by Gasteiger charge is -2.37. The Kier molecular flexibility index (Phi) is 19.6. The van der Waals surface area contributed by atoms with Crippen LogP contribution in [0.3, 0.4) is 0 Å². The Morgan fingerprint density at radius 1 is 0.338 bits per heavy atom. The molecular formula is C66H65NSi. The van der Waals surface area contributed by atoms with Gasteiger partial charge in [-0.15, -0.1) is 5.54 Å². The van der Waals surface area contributed by atoms with Crippen LogP contribution < -0.4 is 0 Å². The second-order valence-electron chi connectivity index (χ2n) is 21.6. The Hall–Kier alpha value is -7.47. The number of aromatic nitrogens is 1. The maximum Gasteiger partial charge on any atom is 0.147 e. The van der Waals surface area contributed by atoms with Gasteiger partial charge in [0, 0.05) is 64.6 Å². The molecule has 1 aromatic heterocycles. The average Bonchev–Trinajstić information content (AvgIpc) is 3.24. The van der Waals surface area contributed by atoms with E-state index in [9.17, 15) is 0 Å². The second-order valence-corrected chi connectivity index (χ2v) is 27.2. The first-order valence-corrected chi connectivity index (χ1v) is 25.4. The van der Waals surface area contributed by atoms with Crippen molar-refractivity contribution in [2.75, 3.05) is 0 Å². The van der Waals surface area contributed by atoms with Gasteiger partial charge in [-0.2, -0.15) is 0 Å². The summed E-state index contributed by atoms with van der Waals surface area (Å²) in [5.74, 6) is 63.4. The van der Waals surface area contributed by atoms with E-state index < -0.39 is 8.07 Å². The van der Waals surface area contributed by atoms with Gasteiger partial charge >= 0.3 is 0 Å². The quantitative estimate of drug-likeness (QED) is 0.184. The fourth-order valence-corrected chi connectivity index (χ4v) is 12.8. The normalized spacial score (nSPS) is 10.4. The van der Waals surface area contributed by atoms with Gasteiger partial charge in [0.05, 0.1) is 0 Å². The molecule has 2 heteroatoms. The van der Waals surface area contributed by atoms with Crippen LogP contribution in [0.25, 0.3) is 22.3 Å². The first-order chi connectivity index (χ1) is 31.8. The molecule has 0 fully saturated rings. The summed E-state index contributed by atoms with van der Waals surface area (Å²) in [6.07, 6.45) is 3.85. The molecule has 3 rings (SSSR count). The van der Waals surface area contributed by atoms with Crippen molar-refractivity contribution >= 4 is 8.07 Å². The first kappa shape index (κ1) is 54.9. The minimum atomic E-state index is -1.79. The minimum absolute atomic E-state index is 0.0585. The van der Waals surface area contributed by atoms with Crippen molar-refractivity contribution in [1.82, 2.24) is 4.98 Å². The number of rotatable bonds is 5. The van der Waals surface area contributed by atoms with Gasteiger partial charge in [-0.25, -0.2) is 0 Å². The summed E-state index contributed by atoms with van der Waals surface area (Å²) in [6, 6.07) is 13.8. The summed E-state index contributed by atoms with van der Waals surface area (Å²) in [5, 5.41) is 0. The smallest absolute Gasteiger partial charge is 0.147 e. The fraction of sp³-hybridized carbons (Fsp3) is 0.379. The van der Waals surface area contributed by atoms with Crippen molar-refractivity contribution in [2.24, 2.45) is 0 Å². The van der Waals surface area contributed by atoms with Gasteiger partial charge < -0.3 is 0 Å². The van der Waals surface area contributed by atoms with Crippen LogP contribution in [0.2, 0.25) is 16.6 Å². The molecule has 1 nitrogen and oxygen atoms in total. The first-order valence-electron chi connectivity index (χ1n) is 23.1. The van der Waals surface area contributed by atoms with Gasteiger partial charge in [-0.1, -0.05) is 167 Å². The number of hydrogen-bond acceptors (Lipinski definition) is 1. The topological polar surface area (TPSA) is 12.9 Å². The van der Waals surface area contributed by atoms with Gasteiger partial charge in [0.25, 0.3) is 0 Å². The highest BCUT2D eigenvalue weighted by molar-refractivity contribution is 6.90. The van der Waals surface area contributed by atoms with E-state index in [0.717, 1.165) is 27.8 Å². The molecule has 0 aliphatic carbocycles. The minimum Gasteiger partial charge on any atom is -0.263 e. The number of nitrogens with zero attached hydrogens (tertiary/aromatic N) is 1. The van der Waals surface area contributed by atoms with Crippen molar-refractivity contribution in [3.05, 3.63) is 76.6 Å². The van der Waals surface area contributed by atoms with E-state index in [4.69, 9.17) is 4.98 Å². The summed E-state index contributed by atoms with van der Waals surface area (Å²) in [4.78, 5) is 4.83. The summed E-state index contributed by atoms with van der Waals surface area (Å²) in [7, 11) is -1.79. The van der Waals surface area contributed by atoms with Crippen LogP contribution in [-0.4, -0.2) is 13.1 Å². The van der Waals surface area contributed by atoms with Crippen molar-refractivity contribution in [3.63, 3.8) is 0 Å². The molecule has 0 aliphatic heterocycles. The van der Waals surface area contributed by atoms with Crippen LogP contribution in [0.15, 0.2) is 48.8 Å². The van der Waals surface area contributed by atoms with Gasteiger partial charge in [0.15, 0.2) is 0 Å². The maximum atomic E-state index is 4.83. The molecule has 0 spiro atoms. The van der Waals surface area contributed by atoms with Crippen LogP contribution in [0, 0.1) is 142 Å². The molecule has 0 unspecified atom stereocenters. The second kappa shape index (κ2) is 24.3. The van der Waals surface area contributed by atoms with Crippen LogP contribution in [-0.2, 0) is 21.7 Å². The fourth-order valence-electron chi connectivity index (χ4n) is 7.62. The van der Waals surface area contributed by atoms with Crippen molar-refractivity contribution in [1.29, 1.82) is 0 Å². The molecule has 1 heterocycles. The Morgan fingerprint density at radius 2 is 0.574 bits per heavy atom. The van der Waals surface area contributed by atoms with E-state index in [1.54, 1.807) is 0 Å². The molecule has 0 saturated carbocycles. The number of hydrogen-bond donors (Lipinski definition) is 0. The zero-order valence-corrected chi connectivity index (χ0v) is 44.8. The molecule has 0 saturated heterocycles. The van der Waals surface area contributed by atoms with E-state index in [-0.39, 0.29) is 21.7 Å². The number of benzene rings is 2. The van der Waals surface area contributed by atoms with Gasteiger partial charge in [-0.05, 0) is 166 Å². The summed E-state index contributed by atoms with van der Waals surface area (Å²) < 4.78 is 0. The summed E-state index contributed by atoms with van der Waals surface area (Å²) >= 11 is 0. The zero-order chi connectivity index (χ0) is 50.8.